The second kappa shape index (κ2) is 6.97. The molecule has 0 radical (unpaired) electrons. The van der Waals surface area contributed by atoms with Gasteiger partial charge in [-0.3, -0.25) is 0 Å². The Balaban J connectivity index is 1.89. The number of nitrogens with two attached hydrogens (primary N) is 1. The van der Waals surface area contributed by atoms with E-state index in [2.05, 4.69) is 39.1 Å². The molecule has 120 valence electrons. The molecule has 1 saturated heterocycles. The van der Waals surface area contributed by atoms with Gasteiger partial charge in [-0.05, 0) is 49.7 Å². The van der Waals surface area contributed by atoms with Crippen LogP contribution in [0.4, 0.5) is 0 Å². The zero-order valence-electron chi connectivity index (χ0n) is 14.2. The van der Waals surface area contributed by atoms with Crippen molar-refractivity contribution in [2.24, 2.45) is 11.3 Å². The van der Waals surface area contributed by atoms with Gasteiger partial charge >= 0.3 is 0 Å². The standard InChI is InChI=1S/C18H31NO2/c1-5-17(4)14-18(15(2)3,9-12-21-17)8-10-19-13-16-7-6-11-20-16/h6-7,11,15,19H,5,8-10,12-14H2,1-4H3/p+1/t17-,18+/m0/s1. The van der Waals surface area contributed by atoms with Crippen LogP contribution in [0.5, 0.6) is 0 Å². The molecule has 0 unspecified atom stereocenters. The molecular weight excluding hydrogens is 262 g/mol. The van der Waals surface area contributed by atoms with Gasteiger partial charge in [-0.1, -0.05) is 20.8 Å². The Bertz CT molecular complexity index is 415. The average Bonchev–Trinajstić information content (AvgIpc) is 2.97. The number of rotatable bonds is 7. The van der Waals surface area contributed by atoms with Gasteiger partial charge in [0.1, 0.15) is 6.54 Å². The molecule has 2 heterocycles. The molecule has 2 rings (SSSR count). The topological polar surface area (TPSA) is 39.0 Å². The van der Waals surface area contributed by atoms with Gasteiger partial charge in [0.05, 0.1) is 18.4 Å². The van der Waals surface area contributed by atoms with E-state index in [9.17, 15) is 0 Å². The highest BCUT2D eigenvalue weighted by molar-refractivity contribution is 4.96. The maximum Gasteiger partial charge on any atom is 0.157 e. The molecule has 1 aromatic heterocycles. The van der Waals surface area contributed by atoms with Crippen molar-refractivity contribution in [1.29, 1.82) is 0 Å². The molecule has 3 heteroatoms. The van der Waals surface area contributed by atoms with Crippen LogP contribution in [0.3, 0.4) is 0 Å². The van der Waals surface area contributed by atoms with Crippen LogP contribution in [-0.2, 0) is 11.3 Å². The van der Waals surface area contributed by atoms with Crippen molar-refractivity contribution in [3.8, 4) is 0 Å². The molecule has 1 fully saturated rings. The minimum Gasteiger partial charge on any atom is -0.463 e. The van der Waals surface area contributed by atoms with Crippen molar-refractivity contribution in [2.45, 2.75) is 65.5 Å². The summed E-state index contributed by atoms with van der Waals surface area (Å²) in [5.41, 5.74) is 0.506. The van der Waals surface area contributed by atoms with Gasteiger partial charge in [-0.25, -0.2) is 0 Å². The third-order valence-corrected chi connectivity index (χ3v) is 5.52. The van der Waals surface area contributed by atoms with E-state index in [1.54, 1.807) is 6.26 Å². The lowest BCUT2D eigenvalue weighted by Crippen LogP contribution is -2.83. The first-order chi connectivity index (χ1) is 10.00. The molecule has 21 heavy (non-hydrogen) atoms. The molecule has 3 nitrogen and oxygen atoms in total. The Morgan fingerprint density at radius 3 is 2.81 bits per heavy atom. The number of hydrogen-bond acceptors (Lipinski definition) is 2. The van der Waals surface area contributed by atoms with Gasteiger partial charge < -0.3 is 14.5 Å². The second-order valence-corrected chi connectivity index (χ2v) is 7.21. The molecule has 1 aliphatic heterocycles. The first-order valence-electron chi connectivity index (χ1n) is 8.48. The molecule has 1 aromatic rings. The van der Waals surface area contributed by atoms with Crippen LogP contribution in [0.25, 0.3) is 0 Å². The minimum atomic E-state index is 0.0729. The van der Waals surface area contributed by atoms with Gasteiger partial charge in [-0.15, -0.1) is 0 Å². The van der Waals surface area contributed by atoms with E-state index < -0.39 is 0 Å². The van der Waals surface area contributed by atoms with Crippen molar-refractivity contribution in [3.05, 3.63) is 24.2 Å². The fourth-order valence-electron chi connectivity index (χ4n) is 3.67. The minimum absolute atomic E-state index is 0.0729. The fraction of sp³-hybridized carbons (Fsp3) is 0.778. The van der Waals surface area contributed by atoms with E-state index in [0.717, 1.165) is 25.3 Å². The van der Waals surface area contributed by atoms with E-state index in [-0.39, 0.29) is 5.60 Å². The van der Waals surface area contributed by atoms with Crippen molar-refractivity contribution >= 4 is 0 Å². The predicted molar refractivity (Wildman–Crippen MR) is 85.0 cm³/mol. The lowest BCUT2D eigenvalue weighted by Gasteiger charge is -2.48. The monoisotopic (exact) mass is 294 g/mol. The molecule has 1 aliphatic rings. The van der Waals surface area contributed by atoms with Crippen LogP contribution < -0.4 is 5.32 Å². The molecule has 2 N–H and O–H groups in total. The summed E-state index contributed by atoms with van der Waals surface area (Å²) in [5.74, 6) is 1.78. The summed E-state index contributed by atoms with van der Waals surface area (Å²) in [6.07, 6.45) is 6.53. The van der Waals surface area contributed by atoms with Gasteiger partial charge in [0.25, 0.3) is 0 Å². The van der Waals surface area contributed by atoms with Crippen LogP contribution >= 0.6 is 0 Å². The summed E-state index contributed by atoms with van der Waals surface area (Å²) in [7, 11) is 0. The largest absolute Gasteiger partial charge is 0.463 e. The zero-order chi connectivity index (χ0) is 15.3. The SMILES string of the molecule is CC[C@@]1(C)C[C@](CC[NH2+]Cc2ccco2)(C(C)C)CCO1. The Kier molecular flexibility index (Phi) is 5.50. The Hall–Kier alpha value is -0.800. The lowest BCUT2D eigenvalue weighted by molar-refractivity contribution is -0.674. The molecule has 0 amide bonds. The van der Waals surface area contributed by atoms with Crippen molar-refractivity contribution in [2.75, 3.05) is 13.2 Å². The van der Waals surface area contributed by atoms with Crippen molar-refractivity contribution in [1.82, 2.24) is 0 Å². The molecule has 0 aromatic carbocycles. The normalized spacial score (nSPS) is 30.0. The van der Waals surface area contributed by atoms with E-state index in [1.165, 1.54) is 25.8 Å². The zero-order valence-corrected chi connectivity index (χ0v) is 14.2. The highest BCUT2D eigenvalue weighted by atomic mass is 16.5. The summed E-state index contributed by atoms with van der Waals surface area (Å²) in [5, 5.41) is 2.38. The van der Waals surface area contributed by atoms with E-state index in [4.69, 9.17) is 9.15 Å². The Morgan fingerprint density at radius 1 is 1.38 bits per heavy atom. The number of ether oxygens (including phenoxy) is 1. The molecule has 0 saturated carbocycles. The summed E-state index contributed by atoms with van der Waals surface area (Å²) in [6.45, 7) is 12.3. The Morgan fingerprint density at radius 2 is 2.19 bits per heavy atom. The third kappa shape index (κ3) is 4.10. The highest BCUT2D eigenvalue weighted by Gasteiger charge is 2.44. The van der Waals surface area contributed by atoms with E-state index in [1.807, 2.05) is 6.07 Å². The van der Waals surface area contributed by atoms with Crippen molar-refractivity contribution in [3.63, 3.8) is 0 Å². The fourth-order valence-corrected chi connectivity index (χ4v) is 3.67. The van der Waals surface area contributed by atoms with E-state index in [0.29, 0.717) is 11.3 Å². The molecule has 0 spiro atoms. The van der Waals surface area contributed by atoms with Crippen LogP contribution in [0.15, 0.2) is 22.8 Å². The average molecular weight is 294 g/mol. The van der Waals surface area contributed by atoms with Crippen molar-refractivity contribution < 1.29 is 14.5 Å². The van der Waals surface area contributed by atoms with Crippen LogP contribution in [0.1, 0.15) is 59.1 Å². The van der Waals surface area contributed by atoms with Crippen LogP contribution in [-0.4, -0.2) is 18.8 Å². The number of quaternary nitrogens is 1. The first-order valence-corrected chi connectivity index (χ1v) is 8.48. The predicted octanol–water partition coefficient (Wildman–Crippen LogP) is 3.35. The van der Waals surface area contributed by atoms with Crippen LogP contribution in [0, 0.1) is 11.3 Å². The quantitative estimate of drug-likeness (QED) is 0.783. The van der Waals surface area contributed by atoms with E-state index >= 15 is 0 Å². The Labute approximate surface area is 129 Å². The highest BCUT2D eigenvalue weighted by Crippen LogP contribution is 2.47. The summed E-state index contributed by atoms with van der Waals surface area (Å²) in [4.78, 5) is 0. The maximum absolute atomic E-state index is 6.06. The second-order valence-electron chi connectivity index (χ2n) is 7.21. The van der Waals surface area contributed by atoms with Gasteiger partial charge in [-0.2, -0.15) is 0 Å². The van der Waals surface area contributed by atoms with Gasteiger partial charge in [0, 0.05) is 13.0 Å². The first kappa shape index (κ1) is 16.6. The molecule has 2 atom stereocenters. The van der Waals surface area contributed by atoms with Gasteiger partial charge in [0.15, 0.2) is 5.76 Å². The van der Waals surface area contributed by atoms with Crippen LogP contribution in [0.2, 0.25) is 0 Å². The maximum atomic E-state index is 6.06. The molecular formula is C18H32NO2+. The number of hydrogen-bond donors (Lipinski definition) is 1. The molecule has 0 aliphatic carbocycles. The summed E-state index contributed by atoms with van der Waals surface area (Å²) in [6, 6.07) is 4.02. The smallest absolute Gasteiger partial charge is 0.157 e. The third-order valence-electron chi connectivity index (χ3n) is 5.52. The summed E-state index contributed by atoms with van der Waals surface area (Å²) >= 11 is 0. The lowest BCUT2D eigenvalue weighted by atomic mass is 9.64. The van der Waals surface area contributed by atoms with Gasteiger partial charge in [0.2, 0.25) is 0 Å². The molecule has 0 bridgehead atoms. The summed E-state index contributed by atoms with van der Waals surface area (Å²) < 4.78 is 11.5. The number of furan rings is 1.